The molecule has 2 heteroatoms. The van der Waals surface area contributed by atoms with Crippen LogP contribution in [0.3, 0.4) is 0 Å². The number of hydrogen-bond donors (Lipinski definition) is 1. The van der Waals surface area contributed by atoms with Gasteiger partial charge >= 0.3 is 0 Å². The van der Waals surface area contributed by atoms with E-state index >= 15 is 0 Å². The van der Waals surface area contributed by atoms with Crippen LogP contribution in [0.25, 0.3) is 5.69 Å². The minimum Gasteiger partial charge on any atom is -0.388 e. The predicted octanol–water partition coefficient (Wildman–Crippen LogP) is 2.00. The van der Waals surface area contributed by atoms with Crippen molar-refractivity contribution in [2.24, 2.45) is 0 Å². The number of hydrogen-bond acceptors (Lipinski definition) is 1. The van der Waals surface area contributed by atoms with Crippen LogP contribution in [-0.2, 0) is 0 Å². The minimum absolute atomic E-state index is 1.13. The van der Waals surface area contributed by atoms with Crippen molar-refractivity contribution in [1.29, 1.82) is 0 Å². The van der Waals surface area contributed by atoms with Crippen molar-refractivity contribution in [2.75, 3.05) is 12.4 Å². The van der Waals surface area contributed by atoms with Gasteiger partial charge in [-0.05, 0) is 12.1 Å². The molecule has 0 bridgehead atoms. The summed E-state index contributed by atoms with van der Waals surface area (Å²) in [5, 5.41) is 3.10. The lowest BCUT2D eigenvalue weighted by molar-refractivity contribution is -0.595. The highest BCUT2D eigenvalue weighted by atomic mass is 14.9. The lowest BCUT2D eigenvalue weighted by Crippen LogP contribution is -2.28. The van der Waals surface area contributed by atoms with Gasteiger partial charge in [-0.2, -0.15) is 4.57 Å². The molecule has 0 spiro atoms. The molecular weight excluding hydrogens is 172 g/mol. The van der Waals surface area contributed by atoms with Gasteiger partial charge in [0.05, 0.1) is 0 Å². The SMILES string of the molecule is CNc1ccc(-[n+]2ccccc2)cc1. The maximum atomic E-state index is 3.10. The number of nitrogens with one attached hydrogen (secondary N) is 1. The van der Waals surface area contributed by atoms with Crippen molar-refractivity contribution in [2.45, 2.75) is 0 Å². The highest BCUT2D eigenvalue weighted by Gasteiger charge is 2.02. The van der Waals surface area contributed by atoms with Crippen LogP contribution in [0.15, 0.2) is 54.9 Å². The first-order valence-electron chi connectivity index (χ1n) is 4.64. The fourth-order valence-corrected chi connectivity index (χ4v) is 1.37. The summed E-state index contributed by atoms with van der Waals surface area (Å²) in [6.07, 6.45) is 4.07. The molecule has 2 rings (SSSR count). The summed E-state index contributed by atoms with van der Waals surface area (Å²) in [4.78, 5) is 0. The van der Waals surface area contributed by atoms with Crippen LogP contribution in [0.1, 0.15) is 0 Å². The zero-order valence-electron chi connectivity index (χ0n) is 8.14. The normalized spacial score (nSPS) is 9.79. The second-order valence-corrected chi connectivity index (χ2v) is 3.08. The topological polar surface area (TPSA) is 15.9 Å². The average Bonchev–Trinajstić information content (AvgIpc) is 2.30. The number of aromatic nitrogens is 1. The Hall–Kier alpha value is -1.83. The summed E-state index contributed by atoms with van der Waals surface area (Å²) in [5.41, 5.74) is 2.30. The van der Waals surface area contributed by atoms with E-state index in [1.165, 1.54) is 5.69 Å². The summed E-state index contributed by atoms with van der Waals surface area (Å²) in [6.45, 7) is 0. The van der Waals surface area contributed by atoms with Gasteiger partial charge in [-0.25, -0.2) is 0 Å². The zero-order chi connectivity index (χ0) is 9.80. The molecule has 0 saturated carbocycles. The summed E-state index contributed by atoms with van der Waals surface area (Å²) >= 11 is 0. The number of rotatable bonds is 2. The molecule has 70 valence electrons. The summed E-state index contributed by atoms with van der Waals surface area (Å²) in [7, 11) is 1.92. The van der Waals surface area contributed by atoms with Crippen molar-refractivity contribution in [3.05, 3.63) is 54.9 Å². The molecule has 0 radical (unpaired) electrons. The van der Waals surface area contributed by atoms with Crippen LogP contribution < -0.4 is 9.88 Å². The fourth-order valence-electron chi connectivity index (χ4n) is 1.37. The van der Waals surface area contributed by atoms with Gasteiger partial charge in [0, 0.05) is 37.0 Å². The number of anilines is 1. The molecule has 0 aliphatic heterocycles. The molecule has 0 saturated heterocycles. The molecule has 0 aliphatic rings. The second kappa shape index (κ2) is 3.92. The maximum absolute atomic E-state index is 3.10. The van der Waals surface area contributed by atoms with E-state index in [4.69, 9.17) is 0 Å². The third-order valence-corrected chi connectivity index (χ3v) is 2.17. The van der Waals surface area contributed by atoms with Crippen LogP contribution in [0, 0.1) is 0 Å². The van der Waals surface area contributed by atoms with Gasteiger partial charge in [0.25, 0.3) is 0 Å². The maximum Gasteiger partial charge on any atom is 0.210 e. The molecule has 14 heavy (non-hydrogen) atoms. The van der Waals surface area contributed by atoms with Crippen molar-refractivity contribution in [3.63, 3.8) is 0 Å². The first-order chi connectivity index (χ1) is 6.90. The lowest BCUT2D eigenvalue weighted by atomic mass is 10.2. The lowest BCUT2D eigenvalue weighted by Gasteiger charge is -1.98. The van der Waals surface area contributed by atoms with Crippen LogP contribution in [-0.4, -0.2) is 7.05 Å². The fraction of sp³-hybridized carbons (Fsp3) is 0.0833. The molecule has 2 aromatic rings. The summed E-state index contributed by atoms with van der Waals surface area (Å²) in [6, 6.07) is 14.4. The molecule has 0 unspecified atom stereocenters. The quantitative estimate of drug-likeness (QED) is 0.708. The first kappa shape index (κ1) is 8.75. The van der Waals surface area contributed by atoms with Gasteiger partial charge in [-0.15, -0.1) is 0 Å². The zero-order valence-corrected chi connectivity index (χ0v) is 8.14. The third-order valence-electron chi connectivity index (χ3n) is 2.17. The van der Waals surface area contributed by atoms with E-state index in [0.29, 0.717) is 0 Å². The van der Waals surface area contributed by atoms with Gasteiger partial charge < -0.3 is 5.32 Å². The van der Waals surface area contributed by atoms with E-state index < -0.39 is 0 Å². The predicted molar refractivity (Wildman–Crippen MR) is 57.5 cm³/mol. The van der Waals surface area contributed by atoms with Crippen LogP contribution >= 0.6 is 0 Å². The highest BCUT2D eigenvalue weighted by molar-refractivity contribution is 5.45. The smallest absolute Gasteiger partial charge is 0.210 e. The van der Waals surface area contributed by atoms with Gasteiger partial charge in [-0.1, -0.05) is 6.07 Å². The molecule has 0 atom stereocenters. The Labute approximate surface area is 83.8 Å². The van der Waals surface area contributed by atoms with Gasteiger partial charge in [0.2, 0.25) is 5.69 Å². The van der Waals surface area contributed by atoms with E-state index in [0.717, 1.165) is 5.69 Å². The van der Waals surface area contributed by atoms with E-state index in [2.05, 4.69) is 34.1 Å². The van der Waals surface area contributed by atoms with Gasteiger partial charge in [0.1, 0.15) is 0 Å². The van der Waals surface area contributed by atoms with Crippen molar-refractivity contribution in [3.8, 4) is 5.69 Å². The largest absolute Gasteiger partial charge is 0.388 e. The van der Waals surface area contributed by atoms with Gasteiger partial charge in [-0.3, -0.25) is 0 Å². The summed E-state index contributed by atoms with van der Waals surface area (Å²) in [5.74, 6) is 0. The van der Waals surface area contributed by atoms with Crippen molar-refractivity contribution < 1.29 is 4.57 Å². The Morgan fingerprint density at radius 3 is 2.14 bits per heavy atom. The molecule has 1 aromatic carbocycles. The Morgan fingerprint density at radius 2 is 1.57 bits per heavy atom. The van der Waals surface area contributed by atoms with E-state index in [1.54, 1.807) is 0 Å². The number of nitrogens with zero attached hydrogens (tertiary/aromatic N) is 1. The number of benzene rings is 1. The minimum atomic E-state index is 1.13. The standard InChI is InChI=1S/C12H13N2/c1-13-11-5-7-12(8-6-11)14-9-3-2-4-10-14/h2-10,13H,1H3/q+1. The molecule has 2 nitrogen and oxygen atoms in total. The molecule has 1 N–H and O–H groups in total. The third kappa shape index (κ3) is 1.74. The monoisotopic (exact) mass is 185 g/mol. The Kier molecular flexibility index (Phi) is 2.45. The van der Waals surface area contributed by atoms with E-state index in [1.807, 2.05) is 37.6 Å². The highest BCUT2D eigenvalue weighted by Crippen LogP contribution is 2.07. The molecule has 1 aromatic heterocycles. The Balaban J connectivity index is 2.34. The van der Waals surface area contributed by atoms with E-state index in [-0.39, 0.29) is 0 Å². The van der Waals surface area contributed by atoms with Crippen molar-refractivity contribution >= 4 is 5.69 Å². The number of pyridine rings is 1. The van der Waals surface area contributed by atoms with E-state index in [9.17, 15) is 0 Å². The average molecular weight is 185 g/mol. The summed E-state index contributed by atoms with van der Waals surface area (Å²) < 4.78 is 2.08. The van der Waals surface area contributed by atoms with Crippen LogP contribution in [0.5, 0.6) is 0 Å². The second-order valence-electron chi connectivity index (χ2n) is 3.08. The van der Waals surface area contributed by atoms with Crippen LogP contribution in [0.4, 0.5) is 5.69 Å². The Bertz CT molecular complexity index is 392. The molecule has 0 aliphatic carbocycles. The first-order valence-corrected chi connectivity index (χ1v) is 4.64. The Morgan fingerprint density at radius 1 is 0.929 bits per heavy atom. The van der Waals surface area contributed by atoms with Gasteiger partial charge in [0.15, 0.2) is 12.4 Å². The molecule has 1 heterocycles. The molecule has 0 amide bonds. The van der Waals surface area contributed by atoms with Crippen LogP contribution in [0.2, 0.25) is 0 Å². The van der Waals surface area contributed by atoms with Crippen molar-refractivity contribution in [1.82, 2.24) is 0 Å². The molecular formula is C12H13N2+. The molecule has 0 fully saturated rings.